The average molecular weight is 475 g/mol. The Bertz CT molecular complexity index is 1000. The lowest BCUT2D eigenvalue weighted by Crippen LogP contribution is -2.74. The highest BCUT2D eigenvalue weighted by Gasteiger charge is 2.89. The number of cyclic esters (lactones) is 2. The standard InChI is InChI=1S/C26H34O8/c1-22(2)15-9-16(27)24(4)14(25(15)12-31-18(28)10-17(25)33-22)5-7-23(3)19(13-6-8-30-11-13)32-21(29)20-26(23,24)34-20/h13-15,17,19-20H,5-12H2,1-4H3/t13-,14+,15+,17+,19-,20-,23+,24+,25-,26-/m1/s1. The van der Waals surface area contributed by atoms with Crippen LogP contribution in [0.25, 0.3) is 0 Å². The molecule has 10 atom stereocenters. The fraction of sp³-hybridized carbons (Fsp3) is 0.885. The van der Waals surface area contributed by atoms with E-state index in [1.807, 2.05) is 20.8 Å². The molecule has 8 heteroatoms. The molecule has 5 aliphatic heterocycles. The van der Waals surface area contributed by atoms with E-state index >= 15 is 0 Å². The summed E-state index contributed by atoms with van der Waals surface area (Å²) in [6.07, 6.45) is 1.60. The van der Waals surface area contributed by atoms with Gasteiger partial charge < -0.3 is 23.7 Å². The summed E-state index contributed by atoms with van der Waals surface area (Å²) in [5.41, 5.74) is -3.26. The van der Waals surface area contributed by atoms with Gasteiger partial charge in [0.1, 0.15) is 24.1 Å². The van der Waals surface area contributed by atoms with Crippen LogP contribution in [0, 0.1) is 34.0 Å². The van der Waals surface area contributed by atoms with E-state index in [1.54, 1.807) is 0 Å². The van der Waals surface area contributed by atoms with E-state index in [0.717, 1.165) is 19.3 Å². The second kappa shape index (κ2) is 6.24. The highest BCUT2D eigenvalue weighted by atomic mass is 16.7. The minimum Gasteiger partial charge on any atom is -0.465 e. The van der Waals surface area contributed by atoms with Gasteiger partial charge in [-0.25, -0.2) is 4.79 Å². The van der Waals surface area contributed by atoms with Gasteiger partial charge >= 0.3 is 11.9 Å². The first kappa shape index (κ1) is 21.7. The summed E-state index contributed by atoms with van der Waals surface area (Å²) in [5, 5.41) is 0. The van der Waals surface area contributed by atoms with E-state index in [0.29, 0.717) is 19.6 Å². The molecule has 2 spiro atoms. The van der Waals surface area contributed by atoms with E-state index in [9.17, 15) is 14.4 Å². The van der Waals surface area contributed by atoms with Crippen molar-refractivity contribution >= 4 is 17.7 Å². The Morgan fingerprint density at radius 3 is 2.47 bits per heavy atom. The van der Waals surface area contributed by atoms with E-state index in [4.69, 9.17) is 23.7 Å². The molecule has 0 amide bonds. The summed E-state index contributed by atoms with van der Waals surface area (Å²) >= 11 is 0. The van der Waals surface area contributed by atoms with Gasteiger partial charge in [0.2, 0.25) is 0 Å². The number of fused-ring (bicyclic) bond motifs is 1. The number of ketones is 1. The van der Waals surface area contributed by atoms with Gasteiger partial charge in [-0.1, -0.05) is 6.92 Å². The summed E-state index contributed by atoms with van der Waals surface area (Å²) in [7, 11) is 0. The smallest absolute Gasteiger partial charge is 0.338 e. The molecule has 7 aliphatic rings. The first-order valence-corrected chi connectivity index (χ1v) is 12.9. The predicted octanol–water partition coefficient (Wildman–Crippen LogP) is 2.21. The molecule has 0 unspecified atom stereocenters. The van der Waals surface area contributed by atoms with Gasteiger partial charge in [0.15, 0.2) is 6.10 Å². The molecule has 0 aromatic carbocycles. The molecular weight excluding hydrogens is 440 g/mol. The second-order valence-corrected chi connectivity index (χ2v) is 12.8. The van der Waals surface area contributed by atoms with E-state index in [2.05, 4.69) is 6.92 Å². The number of carbonyl (C=O) groups is 3. The average Bonchev–Trinajstić information content (AvgIpc) is 3.26. The lowest BCUT2D eigenvalue weighted by atomic mass is 9.37. The first-order valence-electron chi connectivity index (χ1n) is 12.9. The SMILES string of the molecule is CC1(C)O[C@H]2CC(=O)OC[C@]23[C@H]2CC[C@@]4(C)[C@@H]([C@@H]5CCOC5)OC(=O)[C@H]5O[C@]54[C@]2(C)C(=O)C[C@@H]13. The Morgan fingerprint density at radius 2 is 1.74 bits per heavy atom. The molecule has 34 heavy (non-hydrogen) atoms. The maximum Gasteiger partial charge on any atom is 0.338 e. The Morgan fingerprint density at radius 1 is 0.941 bits per heavy atom. The first-order chi connectivity index (χ1) is 16.0. The van der Waals surface area contributed by atoms with Crippen LogP contribution in [0.4, 0.5) is 0 Å². The van der Waals surface area contributed by atoms with Crippen molar-refractivity contribution in [1.29, 1.82) is 0 Å². The van der Waals surface area contributed by atoms with E-state index < -0.39 is 33.6 Å². The summed E-state index contributed by atoms with van der Waals surface area (Å²) < 4.78 is 30.4. The van der Waals surface area contributed by atoms with Crippen LogP contribution in [0.15, 0.2) is 0 Å². The Balaban J connectivity index is 1.38. The number of hydrogen-bond donors (Lipinski definition) is 0. The number of rotatable bonds is 1. The van der Waals surface area contributed by atoms with Crippen molar-refractivity contribution < 1.29 is 38.1 Å². The zero-order chi connectivity index (χ0) is 23.9. The van der Waals surface area contributed by atoms with Crippen LogP contribution in [-0.2, 0) is 38.1 Å². The number of carbonyl (C=O) groups excluding carboxylic acids is 3. The molecule has 0 N–H and O–H groups in total. The van der Waals surface area contributed by atoms with Gasteiger partial charge in [-0.15, -0.1) is 0 Å². The summed E-state index contributed by atoms with van der Waals surface area (Å²) in [6, 6.07) is 0. The van der Waals surface area contributed by atoms with Crippen molar-refractivity contribution in [2.24, 2.45) is 34.0 Å². The molecule has 0 radical (unpaired) electrons. The van der Waals surface area contributed by atoms with Crippen LogP contribution < -0.4 is 0 Å². The van der Waals surface area contributed by atoms with Gasteiger partial charge in [-0.05, 0) is 46.0 Å². The lowest BCUT2D eigenvalue weighted by Gasteiger charge is -2.65. The van der Waals surface area contributed by atoms with E-state index in [-0.39, 0.29) is 60.7 Å². The van der Waals surface area contributed by atoms with Crippen LogP contribution in [-0.4, -0.2) is 67.1 Å². The zero-order valence-electron chi connectivity index (χ0n) is 20.4. The van der Waals surface area contributed by atoms with Crippen molar-refractivity contribution in [2.45, 2.75) is 89.3 Å². The Kier molecular flexibility index (Phi) is 3.99. The molecule has 5 heterocycles. The van der Waals surface area contributed by atoms with Crippen LogP contribution >= 0.6 is 0 Å². The highest BCUT2D eigenvalue weighted by molar-refractivity contribution is 5.93. The Labute approximate surface area is 199 Å². The van der Waals surface area contributed by atoms with Crippen LogP contribution in [0.5, 0.6) is 0 Å². The van der Waals surface area contributed by atoms with Gasteiger partial charge in [-0.2, -0.15) is 0 Å². The van der Waals surface area contributed by atoms with Gasteiger partial charge in [0, 0.05) is 35.7 Å². The molecule has 7 fully saturated rings. The number of ether oxygens (including phenoxy) is 5. The van der Waals surface area contributed by atoms with Gasteiger partial charge in [-0.3, -0.25) is 9.59 Å². The van der Waals surface area contributed by atoms with Gasteiger partial charge in [0.25, 0.3) is 0 Å². The molecule has 5 saturated heterocycles. The molecule has 8 nitrogen and oxygen atoms in total. The van der Waals surface area contributed by atoms with Gasteiger partial charge in [0.05, 0.1) is 30.1 Å². The highest BCUT2D eigenvalue weighted by Crippen LogP contribution is 2.78. The van der Waals surface area contributed by atoms with Crippen molar-refractivity contribution in [1.82, 2.24) is 0 Å². The largest absolute Gasteiger partial charge is 0.465 e. The third kappa shape index (κ3) is 2.13. The molecule has 2 aliphatic carbocycles. The van der Waals surface area contributed by atoms with Crippen molar-refractivity contribution in [3.8, 4) is 0 Å². The zero-order valence-corrected chi connectivity index (χ0v) is 20.4. The maximum absolute atomic E-state index is 14.3. The third-order valence-corrected chi connectivity index (χ3v) is 11.3. The predicted molar refractivity (Wildman–Crippen MR) is 115 cm³/mol. The summed E-state index contributed by atoms with van der Waals surface area (Å²) in [5.74, 6) is -0.484. The topological polar surface area (TPSA) is 101 Å². The third-order valence-electron chi connectivity index (χ3n) is 11.3. The number of hydrogen-bond acceptors (Lipinski definition) is 8. The van der Waals surface area contributed by atoms with Crippen molar-refractivity contribution in [3.05, 3.63) is 0 Å². The van der Waals surface area contributed by atoms with Crippen molar-refractivity contribution in [3.63, 3.8) is 0 Å². The maximum atomic E-state index is 14.3. The number of esters is 2. The lowest BCUT2D eigenvalue weighted by molar-refractivity contribution is -0.229. The fourth-order valence-electron chi connectivity index (χ4n) is 9.92. The minimum atomic E-state index is -0.902. The molecule has 7 rings (SSSR count). The monoisotopic (exact) mass is 474 g/mol. The fourth-order valence-corrected chi connectivity index (χ4v) is 9.92. The number of Topliss-reactive ketones (excluding diaryl/α,β-unsaturated/α-hetero) is 1. The minimum absolute atomic E-state index is 0.0452. The summed E-state index contributed by atoms with van der Waals surface area (Å²) in [6.45, 7) is 9.75. The molecule has 2 saturated carbocycles. The van der Waals surface area contributed by atoms with Crippen molar-refractivity contribution in [2.75, 3.05) is 19.8 Å². The quantitative estimate of drug-likeness (QED) is 0.421. The van der Waals surface area contributed by atoms with Crippen LogP contribution in [0.3, 0.4) is 0 Å². The Hall–Kier alpha value is -1.51. The normalized spacial score (nSPS) is 56.9. The number of epoxide rings is 1. The molecule has 0 aromatic rings. The molecular formula is C26H34O8. The molecule has 186 valence electrons. The van der Waals surface area contributed by atoms with Crippen LogP contribution in [0.2, 0.25) is 0 Å². The molecule has 0 aromatic heterocycles. The molecule has 0 bridgehead atoms. The second-order valence-electron chi connectivity index (χ2n) is 12.8. The van der Waals surface area contributed by atoms with E-state index in [1.165, 1.54) is 0 Å². The van der Waals surface area contributed by atoms with Crippen LogP contribution in [0.1, 0.15) is 59.8 Å². The summed E-state index contributed by atoms with van der Waals surface area (Å²) in [4.78, 5) is 39.7.